The Bertz CT molecular complexity index is 462. The first-order valence-corrected chi connectivity index (χ1v) is 7.88. The number of hydrogen-bond acceptors (Lipinski definition) is 4. The molecule has 0 saturated carbocycles. The minimum absolute atomic E-state index is 0.508. The molecular formula is C13H18F2N4S2. The van der Waals surface area contributed by atoms with Crippen LogP contribution in [0.1, 0.15) is 0 Å². The van der Waals surface area contributed by atoms with E-state index in [0.29, 0.717) is 21.8 Å². The molecule has 2 rings (SSSR count). The van der Waals surface area contributed by atoms with Gasteiger partial charge in [-0.1, -0.05) is 11.8 Å². The number of benzene rings is 1. The standard InChI is InChI=1S/C13H18F2N4S2/c1-18-6-8-19(9-7-18)17-13(20)16-10-2-4-11(5-3-10)21-12(14)15/h2-5,12H,6-9H2,1H3,(H2,16,17,20). The van der Waals surface area contributed by atoms with Crippen LogP contribution in [0.5, 0.6) is 0 Å². The van der Waals surface area contributed by atoms with Crippen molar-refractivity contribution in [3.8, 4) is 0 Å². The number of anilines is 1. The lowest BCUT2D eigenvalue weighted by Gasteiger charge is -2.33. The highest BCUT2D eigenvalue weighted by molar-refractivity contribution is 7.99. The Morgan fingerprint density at radius 3 is 2.38 bits per heavy atom. The van der Waals surface area contributed by atoms with Gasteiger partial charge in [0.15, 0.2) is 5.11 Å². The van der Waals surface area contributed by atoms with Crippen molar-refractivity contribution in [2.24, 2.45) is 0 Å². The third kappa shape index (κ3) is 5.74. The molecule has 0 unspecified atom stereocenters. The largest absolute Gasteiger partial charge is 0.332 e. The maximum absolute atomic E-state index is 12.2. The summed E-state index contributed by atoms with van der Waals surface area (Å²) in [4.78, 5) is 2.79. The predicted molar refractivity (Wildman–Crippen MR) is 86.7 cm³/mol. The summed E-state index contributed by atoms with van der Waals surface area (Å²) in [6.45, 7) is 3.80. The van der Waals surface area contributed by atoms with Crippen LogP contribution in [0.25, 0.3) is 0 Å². The summed E-state index contributed by atoms with van der Waals surface area (Å²) >= 11 is 5.78. The Hall–Kier alpha value is -0.960. The van der Waals surface area contributed by atoms with Crippen molar-refractivity contribution < 1.29 is 8.78 Å². The van der Waals surface area contributed by atoms with Crippen LogP contribution in [0.4, 0.5) is 14.5 Å². The van der Waals surface area contributed by atoms with E-state index in [0.717, 1.165) is 31.9 Å². The highest BCUT2D eigenvalue weighted by atomic mass is 32.2. The number of piperazine rings is 1. The number of thiocarbonyl (C=S) groups is 1. The lowest BCUT2D eigenvalue weighted by atomic mass is 10.3. The number of hydrogen-bond donors (Lipinski definition) is 2. The number of nitrogens with zero attached hydrogens (tertiary/aromatic N) is 2. The quantitative estimate of drug-likeness (QED) is 0.651. The zero-order chi connectivity index (χ0) is 15.2. The van der Waals surface area contributed by atoms with Gasteiger partial charge in [0.05, 0.1) is 0 Å². The Morgan fingerprint density at radius 2 is 1.81 bits per heavy atom. The molecule has 1 aliphatic rings. The van der Waals surface area contributed by atoms with Crippen molar-refractivity contribution in [2.75, 3.05) is 38.5 Å². The molecule has 0 amide bonds. The van der Waals surface area contributed by atoms with Gasteiger partial charge in [0.25, 0.3) is 5.76 Å². The lowest BCUT2D eigenvalue weighted by Crippen LogP contribution is -2.53. The molecule has 1 aromatic rings. The zero-order valence-corrected chi connectivity index (χ0v) is 13.3. The molecule has 8 heteroatoms. The molecule has 0 aromatic heterocycles. The van der Waals surface area contributed by atoms with Crippen molar-refractivity contribution >= 4 is 34.8 Å². The molecule has 1 aliphatic heterocycles. The number of rotatable bonds is 4. The lowest BCUT2D eigenvalue weighted by molar-refractivity contribution is 0.131. The fourth-order valence-corrected chi connectivity index (χ4v) is 2.69. The molecule has 4 nitrogen and oxygen atoms in total. The minimum Gasteiger partial charge on any atom is -0.332 e. The van der Waals surface area contributed by atoms with Crippen molar-refractivity contribution in [3.05, 3.63) is 24.3 Å². The van der Waals surface area contributed by atoms with Gasteiger partial charge in [-0.2, -0.15) is 8.78 Å². The second-order valence-electron chi connectivity index (χ2n) is 4.76. The van der Waals surface area contributed by atoms with Crippen LogP contribution in [-0.4, -0.2) is 54.0 Å². The Labute approximate surface area is 132 Å². The molecule has 0 aliphatic carbocycles. The first kappa shape index (κ1) is 16.4. The summed E-state index contributed by atoms with van der Waals surface area (Å²) in [6.07, 6.45) is 0. The van der Waals surface area contributed by atoms with E-state index in [9.17, 15) is 8.78 Å². The molecule has 0 atom stereocenters. The fraction of sp³-hybridized carbons (Fsp3) is 0.462. The number of likely N-dealkylation sites (N-methyl/N-ethyl adjacent to an activating group) is 1. The number of hydrazine groups is 1. The maximum Gasteiger partial charge on any atom is 0.288 e. The fourth-order valence-electron chi connectivity index (χ4n) is 1.94. The molecule has 1 fully saturated rings. The summed E-state index contributed by atoms with van der Waals surface area (Å²) in [5.41, 5.74) is 3.91. The summed E-state index contributed by atoms with van der Waals surface area (Å²) < 4.78 is 24.5. The van der Waals surface area contributed by atoms with E-state index in [1.807, 2.05) is 0 Å². The van der Waals surface area contributed by atoms with Crippen molar-refractivity contribution in [1.29, 1.82) is 0 Å². The van der Waals surface area contributed by atoms with E-state index in [1.54, 1.807) is 24.3 Å². The Kier molecular flexibility index (Phi) is 6.16. The predicted octanol–water partition coefficient (Wildman–Crippen LogP) is 2.45. The van der Waals surface area contributed by atoms with Gasteiger partial charge in [-0.15, -0.1) is 0 Å². The van der Waals surface area contributed by atoms with Crippen molar-refractivity contribution in [3.63, 3.8) is 0 Å². The third-order valence-electron chi connectivity index (χ3n) is 3.10. The van der Waals surface area contributed by atoms with E-state index >= 15 is 0 Å². The van der Waals surface area contributed by atoms with Gasteiger partial charge < -0.3 is 10.2 Å². The monoisotopic (exact) mass is 332 g/mol. The molecule has 0 bridgehead atoms. The van der Waals surface area contributed by atoms with Gasteiger partial charge in [0.2, 0.25) is 0 Å². The highest BCUT2D eigenvalue weighted by Crippen LogP contribution is 2.26. The SMILES string of the molecule is CN1CCN(NC(=S)Nc2ccc(SC(F)F)cc2)CC1. The number of thioether (sulfide) groups is 1. The van der Waals surface area contributed by atoms with Crippen LogP contribution in [0, 0.1) is 0 Å². The molecule has 1 aromatic carbocycles. The molecule has 0 spiro atoms. The van der Waals surface area contributed by atoms with Gasteiger partial charge in [0, 0.05) is 36.8 Å². The number of alkyl halides is 2. The van der Waals surface area contributed by atoms with Crippen LogP contribution in [0.2, 0.25) is 0 Å². The molecule has 116 valence electrons. The maximum atomic E-state index is 12.2. The van der Waals surface area contributed by atoms with Crippen LogP contribution in [0.15, 0.2) is 29.2 Å². The highest BCUT2D eigenvalue weighted by Gasteiger charge is 2.14. The molecule has 0 radical (unpaired) electrons. The van der Waals surface area contributed by atoms with E-state index in [4.69, 9.17) is 12.2 Å². The average Bonchev–Trinajstić information content (AvgIpc) is 2.43. The molecular weight excluding hydrogens is 314 g/mol. The summed E-state index contributed by atoms with van der Waals surface area (Å²) in [6, 6.07) is 6.78. The van der Waals surface area contributed by atoms with Crippen LogP contribution >= 0.6 is 24.0 Å². The van der Waals surface area contributed by atoms with Gasteiger partial charge in [-0.3, -0.25) is 5.43 Å². The minimum atomic E-state index is -2.40. The topological polar surface area (TPSA) is 30.5 Å². The van der Waals surface area contributed by atoms with Crippen LogP contribution in [-0.2, 0) is 0 Å². The second-order valence-corrected chi connectivity index (χ2v) is 6.23. The molecule has 1 saturated heterocycles. The first-order chi connectivity index (χ1) is 10.0. The average molecular weight is 332 g/mol. The Morgan fingerprint density at radius 1 is 1.19 bits per heavy atom. The smallest absolute Gasteiger partial charge is 0.288 e. The summed E-state index contributed by atoms with van der Waals surface area (Å²) in [7, 11) is 2.09. The second kappa shape index (κ2) is 7.88. The zero-order valence-electron chi connectivity index (χ0n) is 11.7. The third-order valence-corrected chi connectivity index (χ3v) is 4.02. The number of nitrogens with one attached hydrogen (secondary N) is 2. The molecule has 1 heterocycles. The molecule has 2 N–H and O–H groups in total. The van der Waals surface area contributed by atoms with Gasteiger partial charge >= 0.3 is 0 Å². The van der Waals surface area contributed by atoms with Gasteiger partial charge in [-0.05, 0) is 43.5 Å². The molecule has 21 heavy (non-hydrogen) atoms. The van der Waals surface area contributed by atoms with E-state index < -0.39 is 5.76 Å². The summed E-state index contributed by atoms with van der Waals surface area (Å²) in [5.74, 6) is -2.40. The van der Waals surface area contributed by atoms with Crippen LogP contribution in [0.3, 0.4) is 0 Å². The van der Waals surface area contributed by atoms with Crippen molar-refractivity contribution in [2.45, 2.75) is 10.7 Å². The van der Waals surface area contributed by atoms with E-state index in [-0.39, 0.29) is 0 Å². The van der Waals surface area contributed by atoms with Gasteiger partial charge in [0.1, 0.15) is 0 Å². The Balaban J connectivity index is 1.79. The van der Waals surface area contributed by atoms with E-state index in [2.05, 4.69) is 27.7 Å². The first-order valence-electron chi connectivity index (χ1n) is 6.59. The summed E-state index contributed by atoms with van der Waals surface area (Å²) in [5, 5.41) is 5.62. The number of halogens is 2. The van der Waals surface area contributed by atoms with Crippen molar-refractivity contribution in [1.82, 2.24) is 15.3 Å². The van der Waals surface area contributed by atoms with E-state index in [1.165, 1.54) is 0 Å². The van der Waals surface area contributed by atoms with Gasteiger partial charge in [-0.25, -0.2) is 5.01 Å². The van der Waals surface area contributed by atoms with Crippen LogP contribution < -0.4 is 10.7 Å². The normalized spacial score (nSPS) is 17.0.